The maximum absolute atomic E-state index is 5.71. The van der Waals surface area contributed by atoms with Crippen LogP contribution in [0.1, 0.15) is 18.9 Å². The van der Waals surface area contributed by atoms with Gasteiger partial charge >= 0.3 is 0 Å². The number of fused-ring (bicyclic) bond motifs is 1. The third-order valence-corrected chi connectivity index (χ3v) is 2.61. The fourth-order valence-corrected chi connectivity index (χ4v) is 1.87. The Bertz CT molecular complexity index is 509. The summed E-state index contributed by atoms with van der Waals surface area (Å²) in [6.07, 6.45) is 2.21. The van der Waals surface area contributed by atoms with Crippen molar-refractivity contribution in [1.82, 2.24) is 4.98 Å². The lowest BCUT2D eigenvalue weighted by Gasteiger charge is -2.08. The molecule has 1 aromatic carbocycles. The SMILES string of the molecule is CCCc1ccc2nc(N)cc(OC)c2c1. The Hall–Kier alpha value is -1.77. The van der Waals surface area contributed by atoms with Gasteiger partial charge in [-0.25, -0.2) is 4.98 Å². The van der Waals surface area contributed by atoms with Crippen molar-refractivity contribution in [1.29, 1.82) is 0 Å². The summed E-state index contributed by atoms with van der Waals surface area (Å²) in [6, 6.07) is 7.99. The van der Waals surface area contributed by atoms with Gasteiger partial charge in [-0.3, -0.25) is 0 Å². The molecule has 0 unspecified atom stereocenters. The first kappa shape index (κ1) is 10.7. The molecule has 0 radical (unpaired) electrons. The number of pyridine rings is 1. The van der Waals surface area contributed by atoms with E-state index >= 15 is 0 Å². The van der Waals surface area contributed by atoms with Crippen LogP contribution >= 0.6 is 0 Å². The van der Waals surface area contributed by atoms with Crippen LogP contribution in [0.5, 0.6) is 5.75 Å². The van der Waals surface area contributed by atoms with Gasteiger partial charge in [0.05, 0.1) is 12.6 Å². The van der Waals surface area contributed by atoms with Crippen molar-refractivity contribution in [2.75, 3.05) is 12.8 Å². The zero-order valence-electron chi connectivity index (χ0n) is 9.66. The molecule has 0 saturated heterocycles. The van der Waals surface area contributed by atoms with Crippen molar-refractivity contribution >= 4 is 16.7 Å². The molecule has 84 valence electrons. The van der Waals surface area contributed by atoms with E-state index in [1.54, 1.807) is 13.2 Å². The summed E-state index contributed by atoms with van der Waals surface area (Å²) < 4.78 is 5.32. The number of benzene rings is 1. The second-order valence-electron chi connectivity index (χ2n) is 3.85. The lowest BCUT2D eigenvalue weighted by molar-refractivity contribution is 0.419. The van der Waals surface area contributed by atoms with Gasteiger partial charge in [0.1, 0.15) is 11.6 Å². The van der Waals surface area contributed by atoms with Crippen LogP contribution in [-0.2, 0) is 6.42 Å². The van der Waals surface area contributed by atoms with E-state index in [4.69, 9.17) is 10.5 Å². The standard InChI is InChI=1S/C13H16N2O/c1-3-4-9-5-6-11-10(7-9)12(16-2)8-13(14)15-11/h5-8H,3-4H2,1-2H3,(H2,14,15). The van der Waals surface area contributed by atoms with Crippen molar-refractivity contribution in [3.63, 3.8) is 0 Å². The number of hydrogen-bond acceptors (Lipinski definition) is 3. The average molecular weight is 216 g/mol. The Morgan fingerprint density at radius 3 is 2.81 bits per heavy atom. The second-order valence-corrected chi connectivity index (χ2v) is 3.85. The monoisotopic (exact) mass is 216 g/mol. The number of nitrogen functional groups attached to an aromatic ring is 1. The molecule has 0 spiro atoms. The molecule has 2 aromatic rings. The minimum Gasteiger partial charge on any atom is -0.496 e. The molecule has 1 heterocycles. The zero-order valence-corrected chi connectivity index (χ0v) is 9.66. The highest BCUT2D eigenvalue weighted by molar-refractivity contribution is 5.87. The molecule has 3 nitrogen and oxygen atoms in total. The normalized spacial score (nSPS) is 10.6. The molecule has 0 aliphatic heterocycles. The molecule has 0 fully saturated rings. The van der Waals surface area contributed by atoms with E-state index in [9.17, 15) is 0 Å². The Kier molecular flexibility index (Phi) is 2.95. The highest BCUT2D eigenvalue weighted by Crippen LogP contribution is 2.27. The van der Waals surface area contributed by atoms with Crippen molar-refractivity contribution in [3.05, 3.63) is 29.8 Å². The minimum absolute atomic E-state index is 0.493. The van der Waals surface area contributed by atoms with E-state index in [0.717, 1.165) is 29.5 Å². The van der Waals surface area contributed by atoms with Crippen LogP contribution in [-0.4, -0.2) is 12.1 Å². The van der Waals surface area contributed by atoms with Gasteiger partial charge in [0.15, 0.2) is 0 Å². The molecule has 3 heteroatoms. The van der Waals surface area contributed by atoms with Gasteiger partial charge in [-0.2, -0.15) is 0 Å². The number of anilines is 1. The summed E-state index contributed by atoms with van der Waals surface area (Å²) >= 11 is 0. The van der Waals surface area contributed by atoms with Gasteiger partial charge in [0.25, 0.3) is 0 Å². The van der Waals surface area contributed by atoms with E-state index in [2.05, 4.69) is 24.0 Å². The average Bonchev–Trinajstić information content (AvgIpc) is 2.29. The number of hydrogen-bond donors (Lipinski definition) is 1. The molecule has 2 N–H and O–H groups in total. The Balaban J connectivity index is 2.61. The molecule has 0 amide bonds. The van der Waals surface area contributed by atoms with Crippen LogP contribution in [0.3, 0.4) is 0 Å². The minimum atomic E-state index is 0.493. The van der Waals surface area contributed by atoms with Crippen molar-refractivity contribution in [2.45, 2.75) is 19.8 Å². The molecule has 0 atom stereocenters. The first-order valence-corrected chi connectivity index (χ1v) is 5.47. The van der Waals surface area contributed by atoms with Crippen molar-refractivity contribution in [2.24, 2.45) is 0 Å². The van der Waals surface area contributed by atoms with Crippen molar-refractivity contribution in [3.8, 4) is 5.75 Å². The Morgan fingerprint density at radius 1 is 1.31 bits per heavy atom. The number of ether oxygens (including phenoxy) is 1. The van der Waals surface area contributed by atoms with Gasteiger partial charge in [-0.15, -0.1) is 0 Å². The summed E-state index contributed by atoms with van der Waals surface area (Å²) in [7, 11) is 1.65. The summed E-state index contributed by atoms with van der Waals surface area (Å²) in [5, 5.41) is 1.03. The number of rotatable bonds is 3. The second kappa shape index (κ2) is 4.39. The quantitative estimate of drug-likeness (QED) is 0.858. The lowest BCUT2D eigenvalue weighted by atomic mass is 10.1. The van der Waals surface area contributed by atoms with Gasteiger partial charge < -0.3 is 10.5 Å². The van der Waals surface area contributed by atoms with E-state index in [-0.39, 0.29) is 0 Å². The van der Waals surface area contributed by atoms with Crippen molar-refractivity contribution < 1.29 is 4.74 Å². The highest BCUT2D eigenvalue weighted by Gasteiger charge is 2.05. The number of methoxy groups -OCH3 is 1. The smallest absolute Gasteiger partial charge is 0.131 e. The first-order valence-electron chi connectivity index (χ1n) is 5.47. The summed E-state index contributed by atoms with van der Waals surface area (Å²) in [6.45, 7) is 2.17. The molecule has 0 bridgehead atoms. The van der Waals surface area contributed by atoms with E-state index in [1.165, 1.54) is 5.56 Å². The zero-order chi connectivity index (χ0) is 11.5. The van der Waals surface area contributed by atoms with Crippen LogP contribution in [0, 0.1) is 0 Å². The topological polar surface area (TPSA) is 48.1 Å². The summed E-state index contributed by atoms with van der Waals surface area (Å²) in [5.41, 5.74) is 7.90. The predicted molar refractivity (Wildman–Crippen MR) is 66.7 cm³/mol. The molecular weight excluding hydrogens is 200 g/mol. The van der Waals surface area contributed by atoms with Gasteiger partial charge in [0.2, 0.25) is 0 Å². The Labute approximate surface area is 95.2 Å². The molecule has 0 aliphatic rings. The largest absolute Gasteiger partial charge is 0.496 e. The molecule has 1 aromatic heterocycles. The third kappa shape index (κ3) is 1.94. The highest BCUT2D eigenvalue weighted by atomic mass is 16.5. The van der Waals surface area contributed by atoms with Crippen LogP contribution in [0.2, 0.25) is 0 Å². The van der Waals surface area contributed by atoms with Crippen LogP contribution in [0.15, 0.2) is 24.3 Å². The number of nitrogens with two attached hydrogens (primary N) is 1. The van der Waals surface area contributed by atoms with Crippen LogP contribution in [0.4, 0.5) is 5.82 Å². The summed E-state index contributed by atoms with van der Waals surface area (Å²) in [4.78, 5) is 4.28. The van der Waals surface area contributed by atoms with Gasteiger partial charge in [-0.1, -0.05) is 19.4 Å². The maximum atomic E-state index is 5.71. The molecule has 2 rings (SSSR count). The van der Waals surface area contributed by atoms with Crippen LogP contribution in [0.25, 0.3) is 10.9 Å². The van der Waals surface area contributed by atoms with E-state index in [0.29, 0.717) is 5.82 Å². The summed E-state index contributed by atoms with van der Waals surface area (Å²) in [5.74, 6) is 1.29. The first-order chi connectivity index (χ1) is 7.74. The molecule has 16 heavy (non-hydrogen) atoms. The lowest BCUT2D eigenvalue weighted by Crippen LogP contribution is -1.95. The van der Waals surface area contributed by atoms with Crippen LogP contribution < -0.4 is 10.5 Å². The molecule has 0 saturated carbocycles. The number of nitrogens with zero attached hydrogens (tertiary/aromatic N) is 1. The fourth-order valence-electron chi connectivity index (χ4n) is 1.87. The third-order valence-electron chi connectivity index (χ3n) is 2.61. The maximum Gasteiger partial charge on any atom is 0.131 e. The van der Waals surface area contributed by atoms with E-state index < -0.39 is 0 Å². The fraction of sp³-hybridized carbons (Fsp3) is 0.308. The number of aromatic nitrogens is 1. The van der Waals surface area contributed by atoms with E-state index in [1.807, 2.05) is 6.07 Å². The Morgan fingerprint density at radius 2 is 2.12 bits per heavy atom. The van der Waals surface area contributed by atoms with Gasteiger partial charge in [0, 0.05) is 11.5 Å². The number of aryl methyl sites for hydroxylation is 1. The van der Waals surface area contributed by atoms with Gasteiger partial charge in [-0.05, 0) is 24.1 Å². The predicted octanol–water partition coefficient (Wildman–Crippen LogP) is 2.78. The molecule has 0 aliphatic carbocycles. The molecular formula is C13H16N2O.